The fraction of sp³-hybridized carbons (Fsp3) is 0.278. The summed E-state index contributed by atoms with van der Waals surface area (Å²) in [5.41, 5.74) is 1.69. The summed E-state index contributed by atoms with van der Waals surface area (Å²) in [6.07, 6.45) is 0. The summed E-state index contributed by atoms with van der Waals surface area (Å²) in [5, 5.41) is 0. The molecule has 0 saturated carbocycles. The van der Waals surface area contributed by atoms with Crippen LogP contribution >= 0.6 is 0 Å². The number of hydrogen-bond donors (Lipinski definition) is 0. The Morgan fingerprint density at radius 3 is 2.65 bits per heavy atom. The molecular weight excluding hydrogens is 297 g/mol. The quantitative estimate of drug-likeness (QED) is 0.810. The van der Waals surface area contributed by atoms with Crippen LogP contribution in [-0.4, -0.2) is 26.0 Å². The van der Waals surface area contributed by atoms with Gasteiger partial charge in [0.25, 0.3) is 0 Å². The molecule has 0 aromatic heterocycles. The normalized spacial score (nSPS) is 12.8. The van der Waals surface area contributed by atoms with Crippen LogP contribution in [0, 0.1) is 5.82 Å². The third kappa shape index (κ3) is 3.13. The van der Waals surface area contributed by atoms with Gasteiger partial charge in [0.05, 0.1) is 11.3 Å². The first-order valence-electron chi connectivity index (χ1n) is 7.45. The van der Waals surface area contributed by atoms with Crippen molar-refractivity contribution in [3.63, 3.8) is 0 Å². The minimum absolute atomic E-state index is 0.118. The van der Waals surface area contributed by atoms with E-state index >= 15 is 0 Å². The van der Waals surface area contributed by atoms with Crippen LogP contribution in [-0.2, 0) is 6.54 Å². The monoisotopic (exact) mass is 315 g/mol. The second-order valence-corrected chi connectivity index (χ2v) is 5.52. The van der Waals surface area contributed by atoms with Gasteiger partial charge in [-0.2, -0.15) is 0 Å². The first-order chi connectivity index (χ1) is 11.1. The average molecular weight is 315 g/mol. The van der Waals surface area contributed by atoms with Crippen molar-refractivity contribution < 1.29 is 18.7 Å². The highest BCUT2D eigenvalue weighted by molar-refractivity contribution is 6.00. The number of halogens is 1. The fourth-order valence-electron chi connectivity index (χ4n) is 2.72. The van der Waals surface area contributed by atoms with E-state index in [1.165, 1.54) is 13.0 Å². The van der Waals surface area contributed by atoms with E-state index in [1.54, 1.807) is 12.1 Å². The van der Waals surface area contributed by atoms with Crippen molar-refractivity contribution in [2.45, 2.75) is 13.5 Å². The van der Waals surface area contributed by atoms with Crippen LogP contribution < -0.4 is 14.4 Å². The Morgan fingerprint density at radius 2 is 1.91 bits per heavy atom. The molecule has 0 N–H and O–H groups in total. The zero-order valence-corrected chi connectivity index (χ0v) is 13.1. The summed E-state index contributed by atoms with van der Waals surface area (Å²) in [7, 11) is 1.83. The molecule has 3 rings (SSSR count). The Kier molecular flexibility index (Phi) is 4.19. The van der Waals surface area contributed by atoms with Crippen molar-refractivity contribution in [2.24, 2.45) is 0 Å². The number of carbonyl (C=O) groups excluding carboxylic acids is 1. The van der Waals surface area contributed by atoms with Crippen LogP contribution in [0.3, 0.4) is 0 Å². The van der Waals surface area contributed by atoms with Gasteiger partial charge in [-0.05, 0) is 36.8 Å². The molecule has 0 unspecified atom stereocenters. The first-order valence-corrected chi connectivity index (χ1v) is 7.45. The zero-order valence-electron chi connectivity index (χ0n) is 13.1. The number of benzene rings is 2. The number of rotatable bonds is 4. The largest absolute Gasteiger partial charge is 0.486 e. The van der Waals surface area contributed by atoms with Crippen molar-refractivity contribution >= 4 is 11.5 Å². The minimum atomic E-state index is -0.496. The maximum Gasteiger partial charge on any atom is 0.164 e. The van der Waals surface area contributed by atoms with Gasteiger partial charge in [-0.3, -0.25) is 4.79 Å². The van der Waals surface area contributed by atoms with Gasteiger partial charge >= 0.3 is 0 Å². The van der Waals surface area contributed by atoms with Crippen LogP contribution in [0.5, 0.6) is 11.5 Å². The predicted octanol–water partition coefficient (Wildman–Crippen LogP) is 3.44. The standard InChI is InChI=1S/C18H18FNO3/c1-12(21)18-14(19)4-3-5-15(18)20(2)11-13-6-7-16-17(10-13)23-9-8-22-16/h3-7,10H,8-9,11H2,1-2H3. The van der Waals surface area contributed by atoms with Gasteiger partial charge in [0.15, 0.2) is 17.3 Å². The number of hydrogen-bond acceptors (Lipinski definition) is 4. The molecule has 0 aliphatic carbocycles. The molecule has 0 saturated heterocycles. The lowest BCUT2D eigenvalue weighted by molar-refractivity contribution is 0.101. The Hall–Kier alpha value is -2.56. The van der Waals surface area contributed by atoms with Crippen molar-refractivity contribution in [1.82, 2.24) is 0 Å². The van der Waals surface area contributed by atoms with Crippen LogP contribution in [0.2, 0.25) is 0 Å². The van der Waals surface area contributed by atoms with Gasteiger partial charge < -0.3 is 14.4 Å². The molecule has 0 bridgehead atoms. The molecule has 5 heteroatoms. The summed E-state index contributed by atoms with van der Waals surface area (Å²) in [5.74, 6) is 0.669. The molecule has 0 radical (unpaired) electrons. The van der Waals surface area contributed by atoms with Crippen molar-refractivity contribution in [3.8, 4) is 11.5 Å². The SMILES string of the molecule is CC(=O)c1c(F)cccc1N(C)Cc1ccc2c(c1)OCCO2. The van der Waals surface area contributed by atoms with Gasteiger partial charge in [0.2, 0.25) is 0 Å². The van der Waals surface area contributed by atoms with Gasteiger partial charge in [-0.25, -0.2) is 4.39 Å². The third-order valence-corrected chi connectivity index (χ3v) is 3.78. The maximum atomic E-state index is 13.9. The Morgan fingerprint density at radius 1 is 1.17 bits per heavy atom. The van der Waals surface area contributed by atoms with Gasteiger partial charge in [-0.15, -0.1) is 0 Å². The number of nitrogens with zero attached hydrogens (tertiary/aromatic N) is 1. The average Bonchev–Trinajstić information content (AvgIpc) is 2.54. The molecule has 2 aromatic rings. The molecule has 2 aromatic carbocycles. The number of Topliss-reactive ketones (excluding diaryl/α,β-unsaturated/α-hetero) is 1. The molecule has 120 valence electrons. The van der Waals surface area contributed by atoms with E-state index < -0.39 is 5.82 Å². The molecule has 4 nitrogen and oxygen atoms in total. The number of ether oxygens (including phenoxy) is 2. The van der Waals surface area contributed by atoms with Crippen molar-refractivity contribution in [1.29, 1.82) is 0 Å². The van der Waals surface area contributed by atoms with E-state index in [9.17, 15) is 9.18 Å². The molecule has 23 heavy (non-hydrogen) atoms. The van der Waals surface area contributed by atoms with E-state index in [-0.39, 0.29) is 11.3 Å². The Bertz CT molecular complexity index is 745. The maximum absolute atomic E-state index is 13.9. The lowest BCUT2D eigenvalue weighted by Crippen LogP contribution is -2.20. The number of anilines is 1. The smallest absolute Gasteiger partial charge is 0.164 e. The first kappa shape index (κ1) is 15.3. The topological polar surface area (TPSA) is 38.8 Å². The summed E-state index contributed by atoms with van der Waals surface area (Å²) in [6, 6.07) is 10.4. The van der Waals surface area contributed by atoms with E-state index in [0.29, 0.717) is 31.2 Å². The second-order valence-electron chi connectivity index (χ2n) is 5.52. The van der Waals surface area contributed by atoms with Gasteiger partial charge in [0.1, 0.15) is 19.0 Å². The summed E-state index contributed by atoms with van der Waals surface area (Å²) < 4.78 is 25.0. The summed E-state index contributed by atoms with van der Waals surface area (Å²) in [6.45, 7) is 2.99. The van der Waals surface area contributed by atoms with E-state index in [0.717, 1.165) is 11.3 Å². The van der Waals surface area contributed by atoms with Gasteiger partial charge in [0, 0.05) is 13.6 Å². The highest BCUT2D eigenvalue weighted by Gasteiger charge is 2.17. The fourth-order valence-corrected chi connectivity index (χ4v) is 2.72. The molecule has 0 atom stereocenters. The van der Waals surface area contributed by atoms with E-state index in [4.69, 9.17) is 9.47 Å². The molecule has 1 aliphatic rings. The van der Waals surface area contributed by atoms with Crippen LogP contribution in [0.25, 0.3) is 0 Å². The van der Waals surface area contributed by atoms with Crippen molar-refractivity contribution in [2.75, 3.05) is 25.2 Å². The predicted molar refractivity (Wildman–Crippen MR) is 85.9 cm³/mol. The highest BCUT2D eigenvalue weighted by atomic mass is 19.1. The second kappa shape index (κ2) is 6.28. The molecule has 1 heterocycles. The van der Waals surface area contributed by atoms with Crippen LogP contribution in [0.1, 0.15) is 22.8 Å². The summed E-state index contributed by atoms with van der Waals surface area (Å²) >= 11 is 0. The number of fused-ring (bicyclic) bond motifs is 1. The Balaban J connectivity index is 1.86. The Labute approximate surface area is 134 Å². The molecule has 0 spiro atoms. The highest BCUT2D eigenvalue weighted by Crippen LogP contribution is 2.32. The lowest BCUT2D eigenvalue weighted by Gasteiger charge is -2.23. The van der Waals surface area contributed by atoms with Crippen molar-refractivity contribution in [3.05, 3.63) is 53.3 Å². The number of carbonyl (C=O) groups is 1. The molecular formula is C18H18FNO3. The summed E-state index contributed by atoms with van der Waals surface area (Å²) in [4.78, 5) is 13.6. The third-order valence-electron chi connectivity index (χ3n) is 3.78. The van der Waals surface area contributed by atoms with Crippen LogP contribution in [0.15, 0.2) is 36.4 Å². The zero-order chi connectivity index (χ0) is 16.4. The van der Waals surface area contributed by atoms with E-state index in [2.05, 4.69) is 0 Å². The molecule has 0 fully saturated rings. The van der Waals surface area contributed by atoms with Gasteiger partial charge in [-0.1, -0.05) is 12.1 Å². The van der Waals surface area contributed by atoms with Crippen LogP contribution in [0.4, 0.5) is 10.1 Å². The molecule has 1 aliphatic heterocycles. The molecule has 0 amide bonds. The lowest BCUT2D eigenvalue weighted by atomic mass is 10.1. The number of ketones is 1. The van der Waals surface area contributed by atoms with E-state index in [1.807, 2.05) is 30.1 Å². The minimum Gasteiger partial charge on any atom is -0.486 e.